The molecule has 1 saturated heterocycles. The van der Waals surface area contributed by atoms with Crippen LogP contribution in [0, 0.1) is 0 Å². The molecule has 2 rings (SSSR count). The van der Waals surface area contributed by atoms with Crippen molar-refractivity contribution in [2.24, 2.45) is 0 Å². The van der Waals surface area contributed by atoms with Crippen molar-refractivity contribution in [2.45, 2.75) is 18.6 Å². The zero-order chi connectivity index (χ0) is 11.5. The van der Waals surface area contributed by atoms with Gasteiger partial charge in [0.1, 0.15) is 0 Å². The zero-order valence-corrected chi connectivity index (χ0v) is 12.3. The second-order valence-corrected chi connectivity index (χ2v) is 7.63. The van der Waals surface area contributed by atoms with Gasteiger partial charge in [-0.3, -0.25) is 4.79 Å². The molecule has 1 fully saturated rings. The van der Waals surface area contributed by atoms with E-state index >= 15 is 0 Å². The number of carbonyl (C=O) groups excluding carboxylic acids is 1. The molecule has 16 heavy (non-hydrogen) atoms. The normalized spacial score (nSPS) is 21.1. The maximum atomic E-state index is 12.2. The molecule has 1 aromatic heterocycles. The number of carbonyl (C=O) groups is 1. The minimum Gasteiger partial charge on any atom is -0.336 e. The van der Waals surface area contributed by atoms with E-state index in [1.807, 2.05) is 28.8 Å². The van der Waals surface area contributed by atoms with E-state index in [0.29, 0.717) is 5.25 Å². The summed E-state index contributed by atoms with van der Waals surface area (Å²) >= 11 is 6.90. The van der Waals surface area contributed by atoms with Crippen molar-refractivity contribution in [1.29, 1.82) is 0 Å². The summed E-state index contributed by atoms with van der Waals surface area (Å²) in [5, 5.41) is 0.612. The Hall–Kier alpha value is -0.000000000000000111. The van der Waals surface area contributed by atoms with E-state index in [1.54, 1.807) is 0 Å². The topological polar surface area (TPSA) is 20.3 Å². The third kappa shape index (κ3) is 2.81. The quantitative estimate of drug-likeness (QED) is 0.831. The maximum Gasteiger partial charge on any atom is 0.264 e. The molecular weight excluding hydrogens is 306 g/mol. The van der Waals surface area contributed by atoms with Crippen LogP contribution in [0.3, 0.4) is 0 Å². The molecule has 1 aliphatic heterocycles. The number of thiophene rings is 1. The predicted molar refractivity (Wildman–Crippen MR) is 74.5 cm³/mol. The maximum absolute atomic E-state index is 12.2. The first-order chi connectivity index (χ1) is 7.70. The van der Waals surface area contributed by atoms with Crippen LogP contribution in [0.2, 0.25) is 0 Å². The van der Waals surface area contributed by atoms with Crippen molar-refractivity contribution in [3.8, 4) is 0 Å². The minimum absolute atomic E-state index is 0.189. The highest BCUT2D eigenvalue weighted by Crippen LogP contribution is 2.26. The number of nitrogens with zero attached hydrogens (tertiary/aromatic N) is 1. The van der Waals surface area contributed by atoms with E-state index < -0.39 is 0 Å². The van der Waals surface area contributed by atoms with Crippen LogP contribution >= 0.6 is 39.0 Å². The number of rotatable bonds is 2. The fourth-order valence-electron chi connectivity index (χ4n) is 1.74. The van der Waals surface area contributed by atoms with Crippen LogP contribution in [0.5, 0.6) is 0 Å². The Kier molecular flexibility index (Phi) is 4.33. The molecule has 1 aliphatic rings. The van der Waals surface area contributed by atoms with Crippen molar-refractivity contribution >= 4 is 44.9 Å². The average molecular weight is 320 g/mol. The lowest BCUT2D eigenvalue weighted by Gasteiger charge is -2.31. The lowest BCUT2D eigenvalue weighted by atomic mass is 10.3. The SMILES string of the molecule is CCC1CN(C(=O)c2ccc(Br)s2)CCS1. The standard InChI is InChI=1S/C11H14BrNOS2/c1-2-8-7-13(5-6-15-8)11(14)9-3-4-10(12)16-9/h3-4,8H,2,5-7H2,1H3. The second-order valence-electron chi connectivity index (χ2n) is 3.76. The molecule has 1 amide bonds. The van der Waals surface area contributed by atoms with E-state index in [4.69, 9.17) is 0 Å². The molecule has 0 N–H and O–H groups in total. The molecule has 88 valence electrons. The molecule has 0 radical (unpaired) electrons. The number of thioether (sulfide) groups is 1. The molecule has 2 heterocycles. The summed E-state index contributed by atoms with van der Waals surface area (Å²) in [6, 6.07) is 3.84. The predicted octanol–water partition coefficient (Wildman–Crippen LogP) is 3.48. The first kappa shape index (κ1) is 12.5. The van der Waals surface area contributed by atoms with Crippen LogP contribution in [-0.2, 0) is 0 Å². The highest BCUT2D eigenvalue weighted by molar-refractivity contribution is 9.11. The lowest BCUT2D eigenvalue weighted by Crippen LogP contribution is -2.41. The molecule has 0 spiro atoms. The van der Waals surface area contributed by atoms with Crippen LogP contribution in [0.4, 0.5) is 0 Å². The molecule has 0 aliphatic carbocycles. The van der Waals surface area contributed by atoms with Crippen molar-refractivity contribution in [1.82, 2.24) is 4.90 Å². The number of hydrogen-bond donors (Lipinski definition) is 0. The summed E-state index contributed by atoms with van der Waals surface area (Å²) in [5.41, 5.74) is 0. The first-order valence-corrected chi connectivity index (χ1v) is 8.02. The van der Waals surface area contributed by atoms with Gasteiger partial charge < -0.3 is 4.90 Å². The van der Waals surface area contributed by atoms with Crippen molar-refractivity contribution in [2.75, 3.05) is 18.8 Å². The van der Waals surface area contributed by atoms with Crippen LogP contribution in [-0.4, -0.2) is 34.9 Å². The van der Waals surface area contributed by atoms with Crippen LogP contribution in [0.1, 0.15) is 23.0 Å². The van der Waals surface area contributed by atoms with E-state index in [-0.39, 0.29) is 5.91 Å². The van der Waals surface area contributed by atoms with Gasteiger partial charge in [0.25, 0.3) is 5.91 Å². The Labute approximate surface area is 113 Å². The monoisotopic (exact) mass is 319 g/mol. The van der Waals surface area contributed by atoms with Gasteiger partial charge in [-0.15, -0.1) is 11.3 Å². The van der Waals surface area contributed by atoms with Gasteiger partial charge in [-0.25, -0.2) is 0 Å². The fraction of sp³-hybridized carbons (Fsp3) is 0.545. The van der Waals surface area contributed by atoms with E-state index in [9.17, 15) is 4.79 Å². The second kappa shape index (κ2) is 5.56. The van der Waals surface area contributed by atoms with E-state index in [0.717, 1.165) is 33.9 Å². The van der Waals surface area contributed by atoms with Crippen LogP contribution < -0.4 is 0 Å². The van der Waals surface area contributed by atoms with Crippen LogP contribution in [0.25, 0.3) is 0 Å². The summed E-state index contributed by atoms with van der Waals surface area (Å²) in [6.07, 6.45) is 1.14. The summed E-state index contributed by atoms with van der Waals surface area (Å²) in [5.74, 6) is 1.26. The van der Waals surface area contributed by atoms with Gasteiger partial charge in [0.05, 0.1) is 8.66 Å². The van der Waals surface area contributed by atoms with Gasteiger partial charge in [-0.05, 0) is 34.5 Å². The molecule has 0 aromatic carbocycles. The molecule has 1 unspecified atom stereocenters. The van der Waals surface area contributed by atoms with E-state index in [2.05, 4.69) is 22.9 Å². The molecule has 0 saturated carbocycles. The number of hydrogen-bond acceptors (Lipinski definition) is 3. The third-order valence-electron chi connectivity index (χ3n) is 2.67. The van der Waals surface area contributed by atoms with Gasteiger partial charge in [0.15, 0.2) is 0 Å². The highest BCUT2D eigenvalue weighted by atomic mass is 79.9. The number of halogens is 1. The van der Waals surface area contributed by atoms with Crippen LogP contribution in [0.15, 0.2) is 15.9 Å². The van der Waals surface area contributed by atoms with Gasteiger partial charge in [0.2, 0.25) is 0 Å². The zero-order valence-electron chi connectivity index (χ0n) is 9.11. The Morgan fingerprint density at radius 3 is 3.06 bits per heavy atom. The third-order valence-corrected chi connectivity index (χ3v) is 5.65. The molecule has 1 atom stereocenters. The smallest absolute Gasteiger partial charge is 0.264 e. The Balaban J connectivity index is 2.04. The molecular formula is C11H14BrNOS2. The molecule has 0 bridgehead atoms. The Morgan fingerprint density at radius 1 is 1.62 bits per heavy atom. The minimum atomic E-state index is 0.189. The Morgan fingerprint density at radius 2 is 2.44 bits per heavy atom. The number of amides is 1. The summed E-state index contributed by atoms with van der Waals surface area (Å²) in [7, 11) is 0. The van der Waals surface area contributed by atoms with Crippen molar-refractivity contribution in [3.05, 3.63) is 20.8 Å². The van der Waals surface area contributed by atoms with Gasteiger partial charge >= 0.3 is 0 Å². The summed E-state index contributed by atoms with van der Waals surface area (Å²) in [6.45, 7) is 3.97. The fourth-order valence-corrected chi connectivity index (χ4v) is 4.27. The van der Waals surface area contributed by atoms with Crippen molar-refractivity contribution in [3.63, 3.8) is 0 Å². The lowest BCUT2D eigenvalue weighted by molar-refractivity contribution is 0.0766. The summed E-state index contributed by atoms with van der Waals surface area (Å²) in [4.78, 5) is 15.0. The van der Waals surface area contributed by atoms with Gasteiger partial charge in [-0.1, -0.05) is 6.92 Å². The largest absolute Gasteiger partial charge is 0.336 e. The Bertz CT molecular complexity index is 380. The first-order valence-electron chi connectivity index (χ1n) is 5.37. The summed E-state index contributed by atoms with van der Waals surface area (Å²) < 4.78 is 1.02. The van der Waals surface area contributed by atoms with Gasteiger partial charge in [-0.2, -0.15) is 11.8 Å². The molecule has 2 nitrogen and oxygen atoms in total. The van der Waals surface area contributed by atoms with Crippen molar-refractivity contribution < 1.29 is 4.79 Å². The average Bonchev–Trinajstić information content (AvgIpc) is 2.75. The van der Waals surface area contributed by atoms with E-state index in [1.165, 1.54) is 11.3 Å². The van der Waals surface area contributed by atoms with Gasteiger partial charge in [0, 0.05) is 24.1 Å². The molecule has 5 heteroatoms. The molecule has 1 aromatic rings. The highest BCUT2D eigenvalue weighted by Gasteiger charge is 2.24.